The van der Waals surface area contributed by atoms with Crippen LogP contribution >= 0.6 is 35.4 Å². The summed E-state index contributed by atoms with van der Waals surface area (Å²) in [7, 11) is 0. The lowest BCUT2D eigenvalue weighted by atomic mass is 10.1. The predicted octanol–water partition coefficient (Wildman–Crippen LogP) is 4.45. The summed E-state index contributed by atoms with van der Waals surface area (Å²) in [6.07, 6.45) is 1.68. The van der Waals surface area contributed by atoms with Crippen molar-refractivity contribution < 1.29 is 13.9 Å². The molecule has 10 heteroatoms. The first-order chi connectivity index (χ1) is 14.9. The van der Waals surface area contributed by atoms with Crippen molar-refractivity contribution in [2.24, 2.45) is 0 Å². The zero-order chi connectivity index (χ0) is 22.4. The number of hydrazine groups is 1. The first-order valence-corrected chi connectivity index (χ1v) is 10.5. The molecule has 7 nitrogen and oxygen atoms in total. The number of benzene rings is 2. The Morgan fingerprint density at radius 2 is 1.94 bits per heavy atom. The van der Waals surface area contributed by atoms with E-state index in [1.807, 2.05) is 13.0 Å². The first-order valence-electron chi connectivity index (χ1n) is 9.36. The van der Waals surface area contributed by atoms with Gasteiger partial charge in [-0.25, -0.2) is 4.79 Å². The second-order valence-corrected chi connectivity index (χ2v) is 7.79. The maximum absolute atomic E-state index is 12.0. The van der Waals surface area contributed by atoms with Gasteiger partial charge in [0.25, 0.3) is 5.91 Å². The second-order valence-electron chi connectivity index (χ2n) is 6.54. The summed E-state index contributed by atoms with van der Waals surface area (Å²) >= 11 is 17.1. The largest absolute Gasteiger partial charge is 0.484 e. The van der Waals surface area contributed by atoms with Crippen molar-refractivity contribution in [3.05, 3.63) is 68.5 Å². The zero-order valence-corrected chi connectivity index (χ0v) is 18.8. The predicted molar refractivity (Wildman–Crippen MR) is 126 cm³/mol. The first kappa shape index (κ1) is 22.9. The van der Waals surface area contributed by atoms with E-state index in [1.54, 1.807) is 30.3 Å². The number of aryl methyl sites for hydroxylation is 1. The maximum Gasteiger partial charge on any atom is 0.336 e. The third-order valence-corrected chi connectivity index (χ3v) is 4.95. The highest BCUT2D eigenvalue weighted by molar-refractivity contribution is 7.80. The van der Waals surface area contributed by atoms with Gasteiger partial charge in [-0.05, 0) is 54.5 Å². The van der Waals surface area contributed by atoms with Gasteiger partial charge < -0.3 is 14.5 Å². The van der Waals surface area contributed by atoms with Crippen molar-refractivity contribution in [3.63, 3.8) is 0 Å². The fourth-order valence-electron chi connectivity index (χ4n) is 2.83. The number of rotatable bonds is 6. The van der Waals surface area contributed by atoms with E-state index in [0.717, 1.165) is 23.8 Å². The Morgan fingerprint density at radius 1 is 1.13 bits per heavy atom. The highest BCUT2D eigenvalue weighted by Gasteiger charge is 2.09. The third kappa shape index (κ3) is 6.33. The molecule has 0 radical (unpaired) electrons. The molecule has 3 aromatic rings. The van der Waals surface area contributed by atoms with Gasteiger partial charge in [-0.3, -0.25) is 15.6 Å². The minimum absolute atomic E-state index is 0.119. The van der Waals surface area contributed by atoms with Crippen molar-refractivity contribution in [1.82, 2.24) is 10.9 Å². The molecular formula is C21H19Cl2N3O4S. The molecule has 3 N–H and O–H groups in total. The Hall–Kier alpha value is -2.81. The van der Waals surface area contributed by atoms with Crippen molar-refractivity contribution in [2.45, 2.75) is 19.8 Å². The summed E-state index contributed by atoms with van der Waals surface area (Å²) in [5.74, 6) is -0.0755. The van der Waals surface area contributed by atoms with Crippen LogP contribution in [0.3, 0.4) is 0 Å². The molecule has 1 heterocycles. The van der Waals surface area contributed by atoms with Crippen LogP contribution < -0.4 is 26.5 Å². The summed E-state index contributed by atoms with van der Waals surface area (Å²) in [6, 6.07) is 11.5. The van der Waals surface area contributed by atoms with Crippen molar-refractivity contribution in [1.29, 1.82) is 0 Å². The van der Waals surface area contributed by atoms with Gasteiger partial charge in [-0.15, -0.1) is 0 Å². The number of fused-ring (bicyclic) bond motifs is 1. The average molecular weight is 480 g/mol. The van der Waals surface area contributed by atoms with Crippen molar-refractivity contribution in [2.75, 3.05) is 11.9 Å². The molecule has 0 unspecified atom stereocenters. The number of thiocarbonyl (C=S) groups is 1. The van der Waals surface area contributed by atoms with E-state index in [4.69, 9.17) is 44.6 Å². The highest BCUT2D eigenvalue weighted by atomic mass is 35.5. The van der Waals surface area contributed by atoms with Gasteiger partial charge in [0, 0.05) is 22.5 Å². The van der Waals surface area contributed by atoms with Gasteiger partial charge in [-0.2, -0.15) is 0 Å². The molecule has 0 aliphatic carbocycles. The van der Waals surface area contributed by atoms with Crippen LogP contribution in [0.5, 0.6) is 5.75 Å². The van der Waals surface area contributed by atoms with Gasteiger partial charge in [0.15, 0.2) is 11.7 Å². The molecule has 0 saturated carbocycles. The number of halogens is 2. The normalized spacial score (nSPS) is 10.5. The van der Waals surface area contributed by atoms with Crippen molar-refractivity contribution >= 4 is 63.1 Å². The van der Waals surface area contributed by atoms with E-state index >= 15 is 0 Å². The molecule has 0 atom stereocenters. The third-order valence-electron chi connectivity index (χ3n) is 4.18. The van der Waals surface area contributed by atoms with E-state index < -0.39 is 11.5 Å². The quantitative estimate of drug-likeness (QED) is 0.273. The van der Waals surface area contributed by atoms with E-state index in [9.17, 15) is 9.59 Å². The molecule has 0 aliphatic rings. The Kier molecular flexibility index (Phi) is 7.73. The fourth-order valence-corrected chi connectivity index (χ4v) is 3.33. The summed E-state index contributed by atoms with van der Waals surface area (Å²) < 4.78 is 10.7. The van der Waals surface area contributed by atoms with Gasteiger partial charge in [0.05, 0.1) is 10.7 Å². The smallest absolute Gasteiger partial charge is 0.336 e. The lowest BCUT2D eigenvalue weighted by Gasteiger charge is -2.13. The Labute approximate surface area is 193 Å². The summed E-state index contributed by atoms with van der Waals surface area (Å²) in [6.45, 7) is 1.76. The minimum Gasteiger partial charge on any atom is -0.484 e. The maximum atomic E-state index is 12.0. The lowest BCUT2D eigenvalue weighted by Crippen LogP contribution is -2.45. The molecule has 3 rings (SSSR count). The molecule has 31 heavy (non-hydrogen) atoms. The molecule has 0 fully saturated rings. The molecule has 2 aromatic carbocycles. The van der Waals surface area contributed by atoms with Crippen molar-refractivity contribution in [3.8, 4) is 5.75 Å². The van der Waals surface area contributed by atoms with E-state index in [0.29, 0.717) is 27.1 Å². The number of hydrogen-bond acceptors (Lipinski definition) is 5. The van der Waals surface area contributed by atoms with Gasteiger partial charge in [0.1, 0.15) is 11.3 Å². The molecule has 0 spiro atoms. The number of hydrogen-bond donors (Lipinski definition) is 3. The molecule has 0 bridgehead atoms. The number of nitrogens with one attached hydrogen (secondary N) is 3. The van der Waals surface area contributed by atoms with E-state index in [1.165, 1.54) is 6.07 Å². The summed E-state index contributed by atoms with van der Waals surface area (Å²) in [4.78, 5) is 23.8. The number of ether oxygens (including phenoxy) is 1. The highest BCUT2D eigenvalue weighted by Crippen LogP contribution is 2.25. The van der Waals surface area contributed by atoms with Crippen LogP contribution in [0, 0.1) is 0 Å². The van der Waals surface area contributed by atoms with E-state index in [2.05, 4.69) is 16.2 Å². The van der Waals surface area contributed by atoms with Crippen LogP contribution in [0.1, 0.15) is 18.9 Å². The van der Waals surface area contributed by atoms with Crippen LogP contribution in [-0.4, -0.2) is 17.6 Å². The van der Waals surface area contributed by atoms with Gasteiger partial charge >= 0.3 is 5.63 Å². The molecular weight excluding hydrogens is 461 g/mol. The zero-order valence-electron chi connectivity index (χ0n) is 16.5. The van der Waals surface area contributed by atoms with Gasteiger partial charge in [0.2, 0.25) is 0 Å². The van der Waals surface area contributed by atoms with Crippen LogP contribution in [0.4, 0.5) is 5.69 Å². The van der Waals surface area contributed by atoms with Crippen LogP contribution in [0.2, 0.25) is 10.0 Å². The van der Waals surface area contributed by atoms with Gasteiger partial charge in [-0.1, -0.05) is 36.5 Å². The molecule has 0 saturated heterocycles. The van der Waals surface area contributed by atoms with Crippen LogP contribution in [0.25, 0.3) is 11.0 Å². The average Bonchev–Trinajstić information content (AvgIpc) is 2.73. The molecule has 162 valence electrons. The Balaban J connectivity index is 1.54. The molecule has 1 aromatic heterocycles. The fraction of sp³-hybridized carbons (Fsp3) is 0.190. The molecule has 0 aliphatic heterocycles. The molecule has 1 amide bonds. The Bertz CT molecular complexity index is 1180. The number of amides is 1. The summed E-state index contributed by atoms with van der Waals surface area (Å²) in [5, 5.41) is 4.70. The van der Waals surface area contributed by atoms with Crippen LogP contribution in [0.15, 0.2) is 51.7 Å². The Morgan fingerprint density at radius 3 is 2.71 bits per heavy atom. The number of anilines is 1. The standard InChI is InChI=1S/C21H19Cl2N3O4S/c1-2-3-12-8-20(28)30-18-10-14(5-6-15(12)18)29-11-19(27)25-26-21(31)24-17-9-13(22)4-7-16(17)23/h4-10H,2-3,11H2,1H3,(H,25,27)(H2,24,26,31). The lowest BCUT2D eigenvalue weighted by molar-refractivity contribution is -0.123. The monoisotopic (exact) mass is 479 g/mol. The topological polar surface area (TPSA) is 92.6 Å². The van der Waals surface area contributed by atoms with E-state index in [-0.39, 0.29) is 11.7 Å². The van der Waals surface area contributed by atoms with Crippen LogP contribution in [-0.2, 0) is 11.2 Å². The SMILES string of the molecule is CCCc1cc(=O)oc2cc(OCC(=O)NNC(=S)Nc3cc(Cl)ccc3Cl)ccc12. The summed E-state index contributed by atoms with van der Waals surface area (Å²) in [5.41, 5.74) is 6.37. The minimum atomic E-state index is -0.470. The number of carbonyl (C=O) groups is 1. The number of carbonyl (C=O) groups excluding carboxylic acids is 1. The second kappa shape index (κ2) is 10.5.